The normalized spacial score (nSPS) is 16.8. The molecule has 0 aliphatic carbocycles. The van der Waals surface area contributed by atoms with Crippen molar-refractivity contribution in [3.05, 3.63) is 74.8 Å². The van der Waals surface area contributed by atoms with Crippen LogP contribution in [-0.2, 0) is 14.3 Å². The molecule has 36 heavy (non-hydrogen) atoms. The van der Waals surface area contributed by atoms with Gasteiger partial charge in [0.05, 0.1) is 38.6 Å². The maximum absolute atomic E-state index is 13.3. The number of anilines is 1. The van der Waals surface area contributed by atoms with Crippen LogP contribution in [0.5, 0.6) is 11.5 Å². The molecule has 1 atom stereocenters. The van der Waals surface area contributed by atoms with Crippen molar-refractivity contribution in [1.29, 1.82) is 0 Å². The highest BCUT2D eigenvalue weighted by Crippen LogP contribution is 2.45. The summed E-state index contributed by atoms with van der Waals surface area (Å²) in [5, 5.41) is 11.7. The fourth-order valence-electron chi connectivity index (χ4n) is 3.90. The van der Waals surface area contributed by atoms with Crippen LogP contribution in [0, 0.1) is 6.92 Å². The Morgan fingerprint density at radius 3 is 2.33 bits per heavy atom. The van der Waals surface area contributed by atoms with Crippen molar-refractivity contribution in [1.82, 2.24) is 4.98 Å². The molecule has 1 amide bonds. The molecule has 1 unspecified atom stereocenters. The molecule has 0 spiro atoms. The molecule has 186 valence electrons. The lowest BCUT2D eigenvalue weighted by Gasteiger charge is -2.23. The number of carbonyl (C=O) groups excluding carboxylic acids is 3. The van der Waals surface area contributed by atoms with E-state index in [1.807, 2.05) is 0 Å². The van der Waals surface area contributed by atoms with Crippen molar-refractivity contribution >= 4 is 51.5 Å². The molecule has 4 rings (SSSR count). The number of amides is 1. The topological polar surface area (TPSA) is 115 Å². The van der Waals surface area contributed by atoms with E-state index >= 15 is 0 Å². The first kappa shape index (κ1) is 25.2. The number of ether oxygens (including phenoxy) is 3. The molecule has 2 aromatic carbocycles. The van der Waals surface area contributed by atoms with Crippen molar-refractivity contribution in [3.8, 4) is 11.5 Å². The van der Waals surface area contributed by atoms with Gasteiger partial charge in [-0.2, -0.15) is 0 Å². The predicted octanol–water partition coefficient (Wildman–Crippen LogP) is 4.54. The minimum absolute atomic E-state index is 0.102. The molecule has 0 radical (unpaired) electrons. The largest absolute Gasteiger partial charge is 0.507 e. The molecule has 1 aromatic heterocycles. The standard InChI is InChI=1S/C25H21ClN2O7S/c1-12-22(24(32)35-4)36-25(27-12)28-19(14-7-10-16(33-2)17(11-14)34-3)18(21(30)23(28)31)20(29)13-5-8-15(26)9-6-13/h5-11,19,29H,1-4H3/b20-18-. The molecular weight excluding hydrogens is 508 g/mol. The molecule has 0 bridgehead atoms. The molecule has 1 N–H and O–H groups in total. The van der Waals surface area contributed by atoms with Crippen molar-refractivity contribution in [2.24, 2.45) is 0 Å². The summed E-state index contributed by atoms with van der Waals surface area (Å²) in [5.74, 6) is -2.01. The molecular formula is C25H21ClN2O7S. The second-order valence-corrected chi connectivity index (χ2v) is 9.11. The van der Waals surface area contributed by atoms with Crippen LogP contribution in [0.15, 0.2) is 48.0 Å². The lowest BCUT2D eigenvalue weighted by molar-refractivity contribution is -0.132. The number of thiazole rings is 1. The van der Waals surface area contributed by atoms with Gasteiger partial charge in [0.1, 0.15) is 10.6 Å². The number of benzene rings is 2. The van der Waals surface area contributed by atoms with Crippen molar-refractivity contribution in [2.75, 3.05) is 26.2 Å². The van der Waals surface area contributed by atoms with Crippen LogP contribution in [0.3, 0.4) is 0 Å². The van der Waals surface area contributed by atoms with E-state index in [0.717, 1.165) is 16.2 Å². The summed E-state index contributed by atoms with van der Waals surface area (Å²) >= 11 is 6.89. The third kappa shape index (κ3) is 4.29. The van der Waals surface area contributed by atoms with Crippen LogP contribution in [-0.4, -0.2) is 49.1 Å². The number of methoxy groups -OCH3 is 3. The summed E-state index contributed by atoms with van der Waals surface area (Å²) in [6.45, 7) is 1.60. The van der Waals surface area contributed by atoms with Gasteiger partial charge in [-0.1, -0.05) is 29.0 Å². The van der Waals surface area contributed by atoms with Gasteiger partial charge >= 0.3 is 11.9 Å². The molecule has 1 aliphatic heterocycles. The molecule has 9 nitrogen and oxygen atoms in total. The molecule has 11 heteroatoms. The van der Waals surface area contributed by atoms with E-state index in [4.69, 9.17) is 25.8 Å². The Morgan fingerprint density at radius 1 is 1.06 bits per heavy atom. The van der Waals surface area contributed by atoms with E-state index < -0.39 is 23.7 Å². The first-order valence-electron chi connectivity index (χ1n) is 10.6. The van der Waals surface area contributed by atoms with Crippen LogP contribution in [0.4, 0.5) is 5.13 Å². The Balaban J connectivity index is 1.96. The average molecular weight is 529 g/mol. The Kier molecular flexibility index (Phi) is 7.00. The van der Waals surface area contributed by atoms with E-state index in [0.29, 0.717) is 33.3 Å². The zero-order chi connectivity index (χ0) is 26.1. The molecule has 1 saturated heterocycles. The second-order valence-electron chi connectivity index (χ2n) is 7.69. The molecule has 1 fully saturated rings. The first-order chi connectivity index (χ1) is 17.2. The summed E-state index contributed by atoms with van der Waals surface area (Å²) in [6.07, 6.45) is 0. The monoisotopic (exact) mass is 528 g/mol. The van der Waals surface area contributed by atoms with Gasteiger partial charge in [0.15, 0.2) is 16.6 Å². The van der Waals surface area contributed by atoms with Gasteiger partial charge in [-0.25, -0.2) is 9.78 Å². The number of aliphatic hydroxyl groups excluding tert-OH is 1. The van der Waals surface area contributed by atoms with Gasteiger partial charge in [0, 0.05) is 10.6 Å². The number of carbonyl (C=O) groups is 3. The van der Waals surface area contributed by atoms with Crippen LogP contribution >= 0.6 is 22.9 Å². The van der Waals surface area contributed by atoms with E-state index in [1.54, 1.807) is 49.4 Å². The van der Waals surface area contributed by atoms with Gasteiger partial charge in [0.25, 0.3) is 5.78 Å². The third-order valence-corrected chi connectivity index (χ3v) is 7.04. The first-order valence-corrected chi connectivity index (χ1v) is 11.8. The Morgan fingerprint density at radius 2 is 1.72 bits per heavy atom. The predicted molar refractivity (Wildman–Crippen MR) is 134 cm³/mol. The number of hydrogen-bond acceptors (Lipinski definition) is 9. The summed E-state index contributed by atoms with van der Waals surface area (Å²) in [4.78, 5) is 44.6. The van der Waals surface area contributed by atoms with Crippen LogP contribution < -0.4 is 14.4 Å². The van der Waals surface area contributed by atoms with Gasteiger partial charge in [-0.05, 0) is 48.9 Å². The van der Waals surface area contributed by atoms with Crippen LogP contribution in [0.2, 0.25) is 5.02 Å². The Bertz CT molecular complexity index is 1400. The Hall–Kier alpha value is -3.89. The zero-order valence-corrected chi connectivity index (χ0v) is 21.3. The number of esters is 1. The number of aliphatic hydroxyl groups is 1. The number of nitrogens with zero attached hydrogens (tertiary/aromatic N) is 2. The summed E-state index contributed by atoms with van der Waals surface area (Å²) in [6, 6.07) is 10.0. The number of rotatable bonds is 6. The van der Waals surface area contributed by atoms with E-state index in [2.05, 4.69) is 4.98 Å². The second kappa shape index (κ2) is 10.00. The SMILES string of the molecule is COC(=O)c1sc(N2C(=O)C(=O)/C(=C(\O)c3ccc(Cl)cc3)C2c2ccc(OC)c(OC)c2)nc1C. The number of aromatic nitrogens is 1. The van der Waals surface area contributed by atoms with Crippen molar-refractivity contribution in [3.63, 3.8) is 0 Å². The number of halogens is 1. The minimum atomic E-state index is -1.07. The van der Waals surface area contributed by atoms with Gasteiger partial charge in [0.2, 0.25) is 0 Å². The van der Waals surface area contributed by atoms with Crippen LogP contribution in [0.1, 0.15) is 32.5 Å². The average Bonchev–Trinajstić information content (AvgIpc) is 3.39. The zero-order valence-electron chi connectivity index (χ0n) is 19.7. The highest BCUT2D eigenvalue weighted by atomic mass is 35.5. The molecule has 0 saturated carbocycles. The van der Waals surface area contributed by atoms with Gasteiger partial charge in [-0.15, -0.1) is 0 Å². The smallest absolute Gasteiger partial charge is 0.350 e. The molecule has 2 heterocycles. The highest BCUT2D eigenvalue weighted by molar-refractivity contribution is 7.17. The Labute approximate surface area is 215 Å². The minimum Gasteiger partial charge on any atom is -0.507 e. The summed E-state index contributed by atoms with van der Waals surface area (Å²) in [5.41, 5.74) is 0.942. The maximum Gasteiger partial charge on any atom is 0.350 e. The maximum atomic E-state index is 13.3. The van der Waals surface area contributed by atoms with E-state index in [9.17, 15) is 19.5 Å². The summed E-state index contributed by atoms with van der Waals surface area (Å²) < 4.78 is 15.5. The van der Waals surface area contributed by atoms with Gasteiger partial charge < -0.3 is 19.3 Å². The van der Waals surface area contributed by atoms with Gasteiger partial charge in [-0.3, -0.25) is 14.5 Å². The molecule has 1 aliphatic rings. The number of ketones is 1. The van der Waals surface area contributed by atoms with E-state index in [-0.39, 0.29) is 21.3 Å². The number of Topliss-reactive ketones (excluding diaryl/α,β-unsaturated/α-hetero) is 1. The summed E-state index contributed by atoms with van der Waals surface area (Å²) in [7, 11) is 4.18. The fourth-order valence-corrected chi connectivity index (χ4v) is 5.04. The fraction of sp³-hybridized carbons (Fsp3) is 0.200. The van der Waals surface area contributed by atoms with E-state index in [1.165, 1.54) is 21.3 Å². The van der Waals surface area contributed by atoms with Crippen molar-refractivity contribution < 1.29 is 33.7 Å². The quantitative estimate of drug-likeness (QED) is 0.215. The number of hydrogen-bond donors (Lipinski definition) is 1. The molecule has 3 aromatic rings. The van der Waals surface area contributed by atoms with Crippen molar-refractivity contribution in [2.45, 2.75) is 13.0 Å². The lowest BCUT2D eigenvalue weighted by atomic mass is 9.95. The van der Waals surface area contributed by atoms with Crippen LogP contribution in [0.25, 0.3) is 5.76 Å². The third-order valence-electron chi connectivity index (χ3n) is 5.65. The number of aryl methyl sites for hydroxylation is 1. The highest BCUT2D eigenvalue weighted by Gasteiger charge is 2.48. The lowest BCUT2D eigenvalue weighted by Crippen LogP contribution is -2.29.